The summed E-state index contributed by atoms with van der Waals surface area (Å²) in [5.41, 5.74) is 2.84. The molecule has 3 nitrogen and oxygen atoms in total. The number of halogens is 2. The van der Waals surface area contributed by atoms with E-state index in [9.17, 15) is 10.1 Å². The third-order valence-corrected chi connectivity index (χ3v) is 6.31. The van der Waals surface area contributed by atoms with Crippen LogP contribution >= 0.6 is 23.2 Å². The first-order valence-electron chi connectivity index (χ1n) is 9.17. The van der Waals surface area contributed by atoms with Crippen LogP contribution in [-0.2, 0) is 18.4 Å². The zero-order valence-electron chi connectivity index (χ0n) is 15.7. The van der Waals surface area contributed by atoms with Gasteiger partial charge >= 0.3 is 0 Å². The van der Waals surface area contributed by atoms with Crippen LogP contribution in [0.5, 0.6) is 5.75 Å². The van der Waals surface area contributed by atoms with Gasteiger partial charge in [-0.25, -0.2) is 0 Å². The SMILES string of the molecule is CC1(c2ccccc2)Cc2cc(OCc3ccccc3C#N)c(Cl)c(Cl)c2C1=O. The van der Waals surface area contributed by atoms with Gasteiger partial charge in [0.15, 0.2) is 5.78 Å². The number of nitrogens with zero attached hydrogens (tertiary/aromatic N) is 1. The van der Waals surface area contributed by atoms with Crippen molar-refractivity contribution >= 4 is 29.0 Å². The van der Waals surface area contributed by atoms with E-state index >= 15 is 0 Å². The fraction of sp³-hybridized carbons (Fsp3) is 0.167. The summed E-state index contributed by atoms with van der Waals surface area (Å²) in [7, 11) is 0. The molecule has 0 N–H and O–H groups in total. The number of ether oxygens (including phenoxy) is 1. The van der Waals surface area contributed by atoms with Crippen molar-refractivity contribution in [2.24, 2.45) is 0 Å². The number of benzene rings is 3. The summed E-state index contributed by atoms with van der Waals surface area (Å²) in [4.78, 5) is 13.2. The van der Waals surface area contributed by atoms with E-state index in [1.165, 1.54) is 0 Å². The summed E-state index contributed by atoms with van der Waals surface area (Å²) in [5, 5.41) is 9.68. The van der Waals surface area contributed by atoms with Gasteiger partial charge in [-0.2, -0.15) is 5.26 Å². The quantitative estimate of drug-likeness (QED) is 0.508. The standard InChI is InChI=1S/C24H17Cl2NO2/c1-24(18-9-3-2-4-10-18)12-17-11-19(21(25)22(26)20(17)23(24)28)29-14-16-8-6-5-7-15(16)13-27/h2-11H,12,14H2,1H3. The third-order valence-electron chi connectivity index (χ3n) is 5.46. The van der Waals surface area contributed by atoms with Gasteiger partial charge in [0.05, 0.1) is 22.1 Å². The van der Waals surface area contributed by atoms with Crippen molar-refractivity contribution in [3.8, 4) is 11.8 Å². The molecule has 1 unspecified atom stereocenters. The maximum Gasteiger partial charge on any atom is 0.175 e. The van der Waals surface area contributed by atoms with Crippen LogP contribution in [0.3, 0.4) is 0 Å². The molecule has 144 valence electrons. The molecule has 0 radical (unpaired) electrons. The zero-order chi connectivity index (χ0) is 20.6. The van der Waals surface area contributed by atoms with E-state index in [1.807, 2.05) is 49.4 Å². The number of fused-ring (bicyclic) bond motifs is 1. The molecule has 3 aromatic carbocycles. The number of hydrogen-bond donors (Lipinski definition) is 0. The second kappa shape index (κ2) is 7.55. The molecule has 0 bridgehead atoms. The Morgan fingerprint density at radius 1 is 1.07 bits per heavy atom. The number of rotatable bonds is 4. The molecule has 0 heterocycles. The van der Waals surface area contributed by atoms with Gasteiger partial charge in [-0.1, -0.05) is 71.7 Å². The van der Waals surface area contributed by atoms with E-state index in [0.29, 0.717) is 23.3 Å². The molecule has 5 heteroatoms. The lowest BCUT2D eigenvalue weighted by Crippen LogP contribution is -2.29. The Morgan fingerprint density at radius 3 is 2.48 bits per heavy atom. The monoisotopic (exact) mass is 421 g/mol. The number of Topliss-reactive ketones (excluding diaryl/α,β-unsaturated/α-hetero) is 1. The number of hydrogen-bond acceptors (Lipinski definition) is 3. The molecule has 1 aliphatic carbocycles. The van der Waals surface area contributed by atoms with E-state index < -0.39 is 5.41 Å². The van der Waals surface area contributed by atoms with Gasteiger partial charge in [0, 0.05) is 11.1 Å². The summed E-state index contributed by atoms with van der Waals surface area (Å²) in [6.45, 7) is 2.11. The molecule has 4 rings (SSSR count). The summed E-state index contributed by atoms with van der Waals surface area (Å²) < 4.78 is 5.90. The molecular weight excluding hydrogens is 405 g/mol. The minimum absolute atomic E-state index is 0.0352. The first kappa shape index (κ1) is 19.5. The number of nitriles is 1. The van der Waals surface area contributed by atoms with Gasteiger partial charge < -0.3 is 4.74 Å². The smallest absolute Gasteiger partial charge is 0.175 e. The van der Waals surface area contributed by atoms with Gasteiger partial charge in [0.1, 0.15) is 17.4 Å². The topological polar surface area (TPSA) is 50.1 Å². The van der Waals surface area contributed by atoms with Crippen LogP contribution in [0.2, 0.25) is 10.0 Å². The van der Waals surface area contributed by atoms with Gasteiger partial charge in [-0.3, -0.25) is 4.79 Å². The minimum atomic E-state index is -0.692. The van der Waals surface area contributed by atoms with Crippen molar-refractivity contribution in [3.63, 3.8) is 0 Å². The van der Waals surface area contributed by atoms with E-state index in [4.69, 9.17) is 27.9 Å². The minimum Gasteiger partial charge on any atom is -0.487 e. The Morgan fingerprint density at radius 2 is 1.76 bits per heavy atom. The maximum atomic E-state index is 13.2. The fourth-order valence-electron chi connectivity index (χ4n) is 3.83. The van der Waals surface area contributed by atoms with E-state index in [2.05, 4.69) is 6.07 Å². The van der Waals surface area contributed by atoms with Crippen molar-refractivity contribution in [1.29, 1.82) is 5.26 Å². The first-order valence-corrected chi connectivity index (χ1v) is 9.93. The van der Waals surface area contributed by atoms with Crippen molar-refractivity contribution in [3.05, 3.63) is 98.5 Å². The van der Waals surface area contributed by atoms with Crippen LogP contribution in [0, 0.1) is 11.3 Å². The van der Waals surface area contributed by atoms with Crippen LogP contribution in [0.4, 0.5) is 0 Å². The summed E-state index contributed by atoms with van der Waals surface area (Å²) in [5.74, 6) is 0.375. The van der Waals surface area contributed by atoms with Gasteiger partial charge in [-0.15, -0.1) is 0 Å². The average molecular weight is 422 g/mol. The van der Waals surface area contributed by atoms with Gasteiger partial charge in [0.2, 0.25) is 0 Å². The number of carbonyl (C=O) groups is 1. The molecule has 3 aromatic rings. The summed E-state index contributed by atoms with van der Waals surface area (Å²) in [6, 6.07) is 20.8. The lowest BCUT2D eigenvalue weighted by molar-refractivity contribution is 0.0915. The predicted molar refractivity (Wildman–Crippen MR) is 114 cm³/mol. The highest BCUT2D eigenvalue weighted by Gasteiger charge is 2.45. The second-order valence-corrected chi connectivity index (χ2v) is 8.05. The zero-order valence-corrected chi connectivity index (χ0v) is 17.2. The molecule has 0 saturated carbocycles. The van der Waals surface area contributed by atoms with Crippen LogP contribution < -0.4 is 4.74 Å². The van der Waals surface area contributed by atoms with Gasteiger partial charge in [0.25, 0.3) is 0 Å². The molecule has 1 atom stereocenters. The Kier molecular flexibility index (Phi) is 5.08. The molecule has 0 spiro atoms. The molecule has 0 saturated heterocycles. The molecule has 1 aliphatic rings. The van der Waals surface area contributed by atoms with Crippen LogP contribution in [-0.4, -0.2) is 5.78 Å². The molecule has 29 heavy (non-hydrogen) atoms. The summed E-state index contributed by atoms with van der Waals surface area (Å²) >= 11 is 13.0. The highest BCUT2D eigenvalue weighted by molar-refractivity contribution is 6.45. The van der Waals surface area contributed by atoms with E-state index in [1.54, 1.807) is 18.2 Å². The average Bonchev–Trinajstić information content (AvgIpc) is 3.01. The lowest BCUT2D eigenvalue weighted by Gasteiger charge is -2.22. The van der Waals surface area contributed by atoms with Crippen LogP contribution in [0.15, 0.2) is 60.7 Å². The number of ketones is 1. The van der Waals surface area contributed by atoms with Crippen LogP contribution in [0.1, 0.15) is 39.5 Å². The maximum absolute atomic E-state index is 13.2. The van der Waals surface area contributed by atoms with Crippen molar-refractivity contribution < 1.29 is 9.53 Å². The molecule has 0 aliphatic heterocycles. The largest absolute Gasteiger partial charge is 0.487 e. The molecule has 0 aromatic heterocycles. The predicted octanol–water partition coefficient (Wildman–Crippen LogP) is 6.14. The fourth-order valence-corrected chi connectivity index (χ4v) is 4.33. The Labute approximate surface area is 179 Å². The van der Waals surface area contributed by atoms with Crippen molar-refractivity contribution in [2.75, 3.05) is 0 Å². The number of carbonyl (C=O) groups excluding carboxylic acids is 1. The Hall–Kier alpha value is -2.80. The van der Waals surface area contributed by atoms with Crippen molar-refractivity contribution in [2.45, 2.75) is 25.4 Å². The molecule has 0 fully saturated rings. The lowest BCUT2D eigenvalue weighted by atomic mass is 9.79. The van der Waals surface area contributed by atoms with E-state index in [0.717, 1.165) is 16.7 Å². The molecule has 0 amide bonds. The summed E-state index contributed by atoms with van der Waals surface area (Å²) in [6.07, 6.45) is 0.521. The second-order valence-electron chi connectivity index (χ2n) is 7.30. The molecular formula is C24H17Cl2NO2. The van der Waals surface area contributed by atoms with Gasteiger partial charge in [-0.05, 0) is 36.6 Å². The third kappa shape index (κ3) is 3.29. The van der Waals surface area contributed by atoms with Crippen LogP contribution in [0.25, 0.3) is 0 Å². The highest BCUT2D eigenvalue weighted by atomic mass is 35.5. The Bertz CT molecular complexity index is 1150. The Balaban J connectivity index is 1.68. The van der Waals surface area contributed by atoms with Crippen molar-refractivity contribution in [1.82, 2.24) is 0 Å². The first-order chi connectivity index (χ1) is 14.0. The normalized spacial score (nSPS) is 17.7. The highest BCUT2D eigenvalue weighted by Crippen LogP contribution is 2.47. The van der Waals surface area contributed by atoms with E-state index in [-0.39, 0.29) is 22.4 Å².